The minimum atomic E-state index is -0.243. The Kier molecular flexibility index (Phi) is 16.4. The highest BCUT2D eigenvalue weighted by Gasteiger charge is 2.46. The average Bonchev–Trinajstić information content (AvgIpc) is 1.40. The van der Waals surface area contributed by atoms with E-state index in [9.17, 15) is 0 Å². The molecular formula is C102H85BN4. The average molecular weight is 1380 g/mol. The molecule has 0 bridgehead atoms. The molecule has 1 aromatic heterocycles. The van der Waals surface area contributed by atoms with Crippen LogP contribution in [0, 0.1) is 0 Å². The summed E-state index contributed by atoms with van der Waals surface area (Å²) in [6.45, 7) is 21.0. The van der Waals surface area contributed by atoms with Gasteiger partial charge in [-0.3, -0.25) is 0 Å². The van der Waals surface area contributed by atoms with E-state index in [1.54, 1.807) is 0 Å². The van der Waals surface area contributed by atoms with E-state index < -0.39 is 0 Å². The van der Waals surface area contributed by atoms with Crippen molar-refractivity contribution in [1.29, 1.82) is 0 Å². The number of aromatic nitrogens is 1. The Balaban J connectivity index is 0.985. The van der Waals surface area contributed by atoms with Crippen LogP contribution >= 0.6 is 0 Å². The number of benzene rings is 15. The van der Waals surface area contributed by atoms with Gasteiger partial charge < -0.3 is 19.3 Å². The van der Waals surface area contributed by atoms with Crippen LogP contribution in [0.15, 0.2) is 352 Å². The molecule has 0 amide bonds. The van der Waals surface area contributed by atoms with Crippen LogP contribution in [0.3, 0.4) is 0 Å². The molecule has 2 aliphatic rings. The SMILES string of the molecule is CC(C)(C)c1cc(-c2cc3c4c(c2)N(c2c(-c5ccccc5)cc(C(C)(C)C)cc2-c2ccccc2)c2cc(N(c5ccccc5)c5ccc(-n6c7ccccc7c7ccccc76)cc5)ccc2B4c2ccc(-c4ccccc4)cc2N3c2cc(-c3ccccc3)cc(-c3ccccc3)c2)cc(C(C)(C)C)c1. The Morgan fingerprint density at radius 1 is 0.252 bits per heavy atom. The number of para-hydroxylation sites is 3. The molecule has 3 heterocycles. The highest BCUT2D eigenvalue weighted by atomic mass is 15.2. The standard InChI is InChI=1S/C102H85BN4/c1-100(2,3)78-57-76(58-79(64-78)101(4,5)6)77-62-96-98-97(63-77)107(99-88(71-38-22-13-23-39-71)65-80(102(7,8)9)66-89(99)72-40-24-14-25-41-72)95-67-84(104(81-42-26-15-27-43-81)82-49-51-83(52-50-82)105-92-46-30-28-44-86(92)87-45-29-31-47-93(87)105)53-55-91(95)103(98)90-54-48-73(68-32-16-10-17-33-68)61-94(90)106(96)85-59-74(69-34-18-11-19-35-69)56-75(60-85)70-36-20-12-21-37-70/h10-67H,1-9H3. The maximum atomic E-state index is 2.72. The molecule has 0 atom stereocenters. The first-order chi connectivity index (χ1) is 52.0. The molecule has 107 heavy (non-hydrogen) atoms. The number of hydrogen-bond donors (Lipinski definition) is 0. The molecule has 0 fully saturated rings. The summed E-state index contributed by atoms with van der Waals surface area (Å²) in [5.74, 6) is 0. The zero-order valence-corrected chi connectivity index (χ0v) is 62.4. The van der Waals surface area contributed by atoms with Crippen LogP contribution < -0.4 is 31.1 Å². The Labute approximate surface area is 630 Å². The maximum absolute atomic E-state index is 2.72. The van der Waals surface area contributed by atoms with E-state index >= 15 is 0 Å². The Bertz CT molecular complexity index is 5840. The van der Waals surface area contributed by atoms with Crippen molar-refractivity contribution in [2.75, 3.05) is 14.7 Å². The fraction of sp³-hybridized carbons (Fsp3) is 0.118. The smallest absolute Gasteiger partial charge is 0.252 e. The molecule has 0 unspecified atom stereocenters. The molecule has 15 aromatic carbocycles. The number of anilines is 9. The van der Waals surface area contributed by atoms with Gasteiger partial charge in [-0.15, -0.1) is 0 Å². The quantitative estimate of drug-likeness (QED) is 0.113. The van der Waals surface area contributed by atoms with Crippen molar-refractivity contribution in [3.05, 3.63) is 369 Å². The van der Waals surface area contributed by atoms with Crippen LogP contribution in [-0.4, -0.2) is 11.3 Å². The predicted molar refractivity (Wildman–Crippen MR) is 458 cm³/mol. The number of nitrogens with zero attached hydrogens (tertiary/aromatic N) is 4. The first-order valence-corrected chi connectivity index (χ1v) is 37.7. The Morgan fingerprint density at radius 3 is 1.12 bits per heavy atom. The predicted octanol–water partition coefficient (Wildman–Crippen LogP) is 26.2. The second kappa shape index (κ2) is 26.3. The summed E-state index contributed by atoms with van der Waals surface area (Å²) in [5, 5.41) is 2.48. The van der Waals surface area contributed by atoms with E-state index in [1.165, 1.54) is 60.4 Å². The minimum Gasteiger partial charge on any atom is -0.311 e. The highest BCUT2D eigenvalue weighted by Crippen LogP contribution is 2.55. The van der Waals surface area contributed by atoms with Gasteiger partial charge in [0.25, 0.3) is 6.71 Å². The van der Waals surface area contributed by atoms with Crippen LogP contribution in [0.5, 0.6) is 0 Å². The number of hydrogen-bond acceptors (Lipinski definition) is 3. The Hall–Kier alpha value is -12.4. The van der Waals surface area contributed by atoms with E-state index in [-0.39, 0.29) is 23.0 Å². The van der Waals surface area contributed by atoms with Gasteiger partial charge in [0.2, 0.25) is 0 Å². The summed E-state index contributed by atoms with van der Waals surface area (Å²) >= 11 is 0. The van der Waals surface area contributed by atoms with E-state index in [4.69, 9.17) is 0 Å². The van der Waals surface area contributed by atoms with Crippen molar-refractivity contribution >= 4 is 96.1 Å². The van der Waals surface area contributed by atoms with Crippen molar-refractivity contribution in [1.82, 2.24) is 4.57 Å². The van der Waals surface area contributed by atoms with E-state index in [2.05, 4.69) is 433 Å². The lowest BCUT2D eigenvalue weighted by Crippen LogP contribution is -2.61. The molecule has 0 aliphatic carbocycles. The molecule has 5 heteroatoms. The molecule has 0 N–H and O–H groups in total. The van der Waals surface area contributed by atoms with Crippen molar-refractivity contribution < 1.29 is 0 Å². The fourth-order valence-corrected chi connectivity index (χ4v) is 16.6. The lowest BCUT2D eigenvalue weighted by atomic mass is 9.33. The monoisotopic (exact) mass is 1380 g/mol. The van der Waals surface area contributed by atoms with Crippen LogP contribution in [0.4, 0.5) is 51.2 Å². The lowest BCUT2D eigenvalue weighted by molar-refractivity contribution is 0.569. The second-order valence-corrected chi connectivity index (χ2v) is 32.2. The van der Waals surface area contributed by atoms with Crippen molar-refractivity contribution in [2.24, 2.45) is 0 Å². The fourth-order valence-electron chi connectivity index (χ4n) is 16.6. The Morgan fingerprint density at radius 2 is 0.626 bits per heavy atom. The first-order valence-electron chi connectivity index (χ1n) is 37.7. The molecule has 18 rings (SSSR count). The summed E-state index contributed by atoms with van der Waals surface area (Å²) in [6.07, 6.45) is 0. The summed E-state index contributed by atoms with van der Waals surface area (Å²) in [5.41, 5.74) is 34.1. The summed E-state index contributed by atoms with van der Waals surface area (Å²) in [7, 11) is 0. The molecule has 0 saturated heterocycles. The van der Waals surface area contributed by atoms with Crippen LogP contribution in [0.2, 0.25) is 0 Å². The van der Waals surface area contributed by atoms with Gasteiger partial charge in [0, 0.05) is 73.1 Å². The van der Waals surface area contributed by atoms with Gasteiger partial charge in [-0.25, -0.2) is 0 Å². The summed E-state index contributed by atoms with van der Waals surface area (Å²) in [6, 6.07) is 133. The van der Waals surface area contributed by atoms with Crippen molar-refractivity contribution in [3.8, 4) is 72.4 Å². The van der Waals surface area contributed by atoms with Gasteiger partial charge in [0.1, 0.15) is 0 Å². The molecule has 0 radical (unpaired) electrons. The van der Waals surface area contributed by atoms with Crippen molar-refractivity contribution in [3.63, 3.8) is 0 Å². The van der Waals surface area contributed by atoms with Gasteiger partial charge in [0.05, 0.1) is 16.7 Å². The zero-order chi connectivity index (χ0) is 72.9. The van der Waals surface area contributed by atoms with E-state index in [0.717, 1.165) is 118 Å². The lowest BCUT2D eigenvalue weighted by Gasteiger charge is -2.46. The van der Waals surface area contributed by atoms with E-state index in [0.29, 0.717) is 0 Å². The summed E-state index contributed by atoms with van der Waals surface area (Å²) < 4.78 is 2.41. The van der Waals surface area contributed by atoms with Gasteiger partial charge >= 0.3 is 0 Å². The minimum absolute atomic E-state index is 0.157. The topological polar surface area (TPSA) is 14.7 Å². The molecule has 0 spiro atoms. The molecule has 16 aromatic rings. The van der Waals surface area contributed by atoms with Gasteiger partial charge in [0.15, 0.2) is 0 Å². The molecule has 516 valence electrons. The van der Waals surface area contributed by atoms with Gasteiger partial charge in [-0.1, -0.05) is 305 Å². The van der Waals surface area contributed by atoms with Crippen LogP contribution in [0.25, 0.3) is 94.3 Å². The molecule has 4 nitrogen and oxygen atoms in total. The third kappa shape index (κ3) is 12.0. The van der Waals surface area contributed by atoms with Gasteiger partial charge in [-0.05, 0) is 214 Å². The van der Waals surface area contributed by atoms with Crippen molar-refractivity contribution in [2.45, 2.75) is 78.6 Å². The largest absolute Gasteiger partial charge is 0.311 e. The van der Waals surface area contributed by atoms with Gasteiger partial charge in [-0.2, -0.15) is 0 Å². The highest BCUT2D eigenvalue weighted by molar-refractivity contribution is 7.00. The number of fused-ring (bicyclic) bond motifs is 7. The molecular weight excluding hydrogens is 1290 g/mol. The zero-order valence-electron chi connectivity index (χ0n) is 62.4. The summed E-state index contributed by atoms with van der Waals surface area (Å²) in [4.78, 5) is 7.83. The third-order valence-corrected chi connectivity index (χ3v) is 22.1. The molecule has 0 saturated carbocycles. The van der Waals surface area contributed by atoms with E-state index in [1.807, 2.05) is 0 Å². The van der Waals surface area contributed by atoms with Crippen LogP contribution in [-0.2, 0) is 16.2 Å². The first kappa shape index (κ1) is 66.5. The van der Waals surface area contributed by atoms with Crippen LogP contribution in [0.1, 0.15) is 79.0 Å². The second-order valence-electron chi connectivity index (χ2n) is 32.2. The molecule has 2 aliphatic heterocycles. The normalized spacial score (nSPS) is 12.7. The third-order valence-electron chi connectivity index (χ3n) is 22.1. The maximum Gasteiger partial charge on any atom is 0.252 e. The number of rotatable bonds is 12.